The summed E-state index contributed by atoms with van der Waals surface area (Å²) in [5, 5.41) is 0. The lowest BCUT2D eigenvalue weighted by molar-refractivity contribution is 1.21. The van der Waals surface area contributed by atoms with E-state index in [1.807, 2.05) is 73.7 Å². The number of aromatic nitrogens is 1. The molecule has 3 rings (SSSR count). The topological polar surface area (TPSA) is 12.9 Å². The van der Waals surface area contributed by atoms with Crippen molar-refractivity contribution in [1.29, 1.82) is 0 Å². The molecule has 0 fully saturated rings. The summed E-state index contributed by atoms with van der Waals surface area (Å²) in [6, 6.07) is 22.6. The predicted molar refractivity (Wildman–Crippen MR) is 79.8 cm³/mol. The lowest BCUT2D eigenvalue weighted by atomic mass is 10.0. The molecule has 0 spiro atoms. The van der Waals surface area contributed by atoms with Gasteiger partial charge in [-0.2, -0.15) is 0 Å². The molecule has 19 heavy (non-hydrogen) atoms. The molecule has 0 saturated carbocycles. The largest absolute Gasteiger partial charge is 0.253 e. The number of aryl methyl sites for hydroxylation is 1. The first kappa shape index (κ1) is 10.5. The maximum Gasteiger partial charge on any atom is 0.0711 e. The average molecular weight is 246 g/mol. The lowest BCUT2D eigenvalue weighted by Gasteiger charge is -2.07. The summed E-state index contributed by atoms with van der Waals surface area (Å²) in [5.41, 5.74) is 4.73. The Hall–Kier alpha value is -2.41. The molecule has 1 heteroatoms. The van der Waals surface area contributed by atoms with Crippen LogP contribution in [0.15, 0.2) is 72.8 Å². The van der Waals surface area contributed by atoms with Crippen molar-refractivity contribution in [2.75, 3.05) is 0 Å². The molecule has 0 amide bonds. The van der Waals surface area contributed by atoms with Crippen molar-refractivity contribution in [3.63, 3.8) is 0 Å². The van der Waals surface area contributed by atoms with Crippen LogP contribution in [0.25, 0.3) is 22.4 Å². The number of nitrogens with zero attached hydrogens (tertiary/aromatic N) is 1. The molecule has 1 heterocycles. The Kier molecular flexibility index (Phi) is 2.80. The maximum absolute atomic E-state index is 8.23. The van der Waals surface area contributed by atoms with Gasteiger partial charge in [-0.15, -0.1) is 0 Å². The summed E-state index contributed by atoms with van der Waals surface area (Å²) in [5.74, 6) is 0. The van der Waals surface area contributed by atoms with Gasteiger partial charge >= 0.3 is 0 Å². The molecular formula is C18H15N. The van der Waals surface area contributed by atoms with E-state index in [0.717, 1.165) is 28.1 Å². The second-order valence-electron chi connectivity index (χ2n) is 4.50. The van der Waals surface area contributed by atoms with E-state index in [1.165, 1.54) is 0 Å². The minimum atomic E-state index is 0.496. The van der Waals surface area contributed by atoms with Crippen molar-refractivity contribution < 1.29 is 1.37 Å². The first-order valence-electron chi connectivity index (χ1n) is 6.85. The Morgan fingerprint density at radius 2 is 1.37 bits per heavy atom. The van der Waals surface area contributed by atoms with Crippen LogP contribution in [0.3, 0.4) is 0 Å². The van der Waals surface area contributed by atoms with Crippen LogP contribution in [-0.4, -0.2) is 4.98 Å². The second kappa shape index (κ2) is 5.07. The number of hydrogen-bond acceptors (Lipinski definition) is 1. The molecule has 0 saturated heterocycles. The Labute approximate surface area is 115 Å². The van der Waals surface area contributed by atoms with Crippen LogP contribution in [0.2, 0.25) is 0 Å². The molecule has 2 aromatic carbocycles. The first-order chi connectivity index (χ1) is 9.75. The third kappa shape index (κ3) is 2.55. The van der Waals surface area contributed by atoms with E-state index in [4.69, 9.17) is 1.37 Å². The van der Waals surface area contributed by atoms with E-state index in [2.05, 4.69) is 4.98 Å². The summed E-state index contributed by atoms with van der Waals surface area (Å²) < 4.78 is 8.23. The van der Waals surface area contributed by atoms with Crippen LogP contribution >= 0.6 is 0 Å². The summed E-state index contributed by atoms with van der Waals surface area (Å²) in [4.78, 5) is 4.54. The fraction of sp³-hybridized carbons (Fsp3) is 0.0556. The minimum absolute atomic E-state index is 0.496. The van der Waals surface area contributed by atoms with E-state index in [1.54, 1.807) is 0 Å². The molecule has 0 aliphatic rings. The van der Waals surface area contributed by atoms with Crippen molar-refractivity contribution in [3.05, 3.63) is 78.5 Å². The highest BCUT2D eigenvalue weighted by atomic mass is 14.7. The molecule has 0 atom stereocenters. The van der Waals surface area contributed by atoms with Crippen LogP contribution in [0, 0.1) is 6.92 Å². The highest BCUT2D eigenvalue weighted by Crippen LogP contribution is 2.25. The number of benzene rings is 2. The van der Waals surface area contributed by atoms with Gasteiger partial charge in [0.25, 0.3) is 0 Å². The van der Waals surface area contributed by atoms with E-state index >= 15 is 0 Å². The Morgan fingerprint density at radius 3 is 2.00 bits per heavy atom. The van der Waals surface area contributed by atoms with Crippen LogP contribution in [-0.2, 0) is 0 Å². The van der Waals surface area contributed by atoms with Crippen LogP contribution in [0.5, 0.6) is 0 Å². The highest BCUT2D eigenvalue weighted by molar-refractivity contribution is 5.70. The number of hydrogen-bond donors (Lipinski definition) is 0. The van der Waals surface area contributed by atoms with E-state index in [-0.39, 0.29) is 0 Å². The molecule has 92 valence electrons. The van der Waals surface area contributed by atoms with Gasteiger partial charge in [0.2, 0.25) is 0 Å². The van der Waals surface area contributed by atoms with Gasteiger partial charge in [0, 0.05) is 11.3 Å². The first-order valence-corrected chi connectivity index (χ1v) is 6.35. The van der Waals surface area contributed by atoms with E-state index in [0.29, 0.717) is 6.04 Å². The fourth-order valence-corrected chi connectivity index (χ4v) is 2.14. The van der Waals surface area contributed by atoms with Gasteiger partial charge in [-0.3, -0.25) is 4.98 Å². The van der Waals surface area contributed by atoms with Crippen LogP contribution in [0.4, 0.5) is 0 Å². The predicted octanol–water partition coefficient (Wildman–Crippen LogP) is 4.72. The molecule has 0 radical (unpaired) electrons. The van der Waals surface area contributed by atoms with Gasteiger partial charge in [0.15, 0.2) is 0 Å². The molecule has 1 nitrogen and oxygen atoms in total. The van der Waals surface area contributed by atoms with Crippen molar-refractivity contribution in [2.24, 2.45) is 0 Å². The van der Waals surface area contributed by atoms with Gasteiger partial charge < -0.3 is 0 Å². The van der Waals surface area contributed by atoms with Gasteiger partial charge in [-0.25, -0.2) is 0 Å². The molecule has 3 aromatic rings. The third-order valence-electron chi connectivity index (χ3n) is 3.04. The lowest BCUT2D eigenvalue weighted by Crippen LogP contribution is -1.89. The molecule has 0 aliphatic heterocycles. The maximum atomic E-state index is 8.23. The zero-order valence-corrected chi connectivity index (χ0v) is 10.8. The van der Waals surface area contributed by atoms with Gasteiger partial charge in [-0.1, -0.05) is 60.7 Å². The summed E-state index contributed by atoms with van der Waals surface area (Å²) in [6.45, 7) is 1.89. The summed E-state index contributed by atoms with van der Waals surface area (Å²) >= 11 is 0. The highest BCUT2D eigenvalue weighted by Gasteiger charge is 2.04. The number of pyridine rings is 1. The second-order valence-corrected chi connectivity index (χ2v) is 4.50. The van der Waals surface area contributed by atoms with E-state index < -0.39 is 0 Å². The van der Waals surface area contributed by atoms with Crippen molar-refractivity contribution in [2.45, 2.75) is 6.92 Å². The minimum Gasteiger partial charge on any atom is -0.253 e. The quantitative estimate of drug-likeness (QED) is 0.637. The van der Waals surface area contributed by atoms with Crippen LogP contribution < -0.4 is 0 Å². The molecule has 0 bridgehead atoms. The number of rotatable bonds is 2. The van der Waals surface area contributed by atoms with Gasteiger partial charge in [0.1, 0.15) is 0 Å². The third-order valence-corrected chi connectivity index (χ3v) is 3.04. The molecule has 0 N–H and O–H groups in total. The molecule has 0 unspecified atom stereocenters. The van der Waals surface area contributed by atoms with Gasteiger partial charge in [0.05, 0.1) is 7.06 Å². The fourth-order valence-electron chi connectivity index (χ4n) is 2.14. The van der Waals surface area contributed by atoms with Crippen molar-refractivity contribution >= 4 is 0 Å². The SMILES string of the molecule is [2H]c1c(-c2ccccc2)cc(-c2ccccc2)nc1C. The molecular weight excluding hydrogens is 230 g/mol. The van der Waals surface area contributed by atoms with Crippen molar-refractivity contribution in [1.82, 2.24) is 4.98 Å². The Morgan fingerprint density at radius 1 is 0.789 bits per heavy atom. The monoisotopic (exact) mass is 246 g/mol. The van der Waals surface area contributed by atoms with E-state index in [9.17, 15) is 0 Å². The Bertz CT molecular complexity index is 721. The summed E-state index contributed by atoms with van der Waals surface area (Å²) in [7, 11) is 0. The van der Waals surface area contributed by atoms with Crippen molar-refractivity contribution in [3.8, 4) is 22.4 Å². The zero-order valence-electron chi connectivity index (χ0n) is 11.8. The Balaban J connectivity index is 2.19. The normalized spacial score (nSPS) is 11.1. The molecule has 1 aromatic heterocycles. The average Bonchev–Trinajstić information content (AvgIpc) is 2.51. The molecule has 0 aliphatic carbocycles. The van der Waals surface area contributed by atoms with Gasteiger partial charge in [-0.05, 0) is 30.2 Å². The van der Waals surface area contributed by atoms with Crippen LogP contribution in [0.1, 0.15) is 7.06 Å². The zero-order chi connectivity index (χ0) is 13.9. The standard InChI is InChI=1S/C18H15N/c1-14-12-17(15-8-4-2-5-9-15)13-18(19-14)16-10-6-3-7-11-16/h2-13H,1H3/i12D. The smallest absolute Gasteiger partial charge is 0.0711 e. The summed E-state index contributed by atoms with van der Waals surface area (Å²) in [6.07, 6.45) is 0.